The normalized spacial score (nSPS) is 10.4. The topological polar surface area (TPSA) is 30.5 Å². The minimum atomic E-state index is 0.711. The zero-order valence-electron chi connectivity index (χ0n) is 10.2. The van der Waals surface area contributed by atoms with E-state index in [1.54, 1.807) is 0 Å². The minimum absolute atomic E-state index is 0.711. The van der Waals surface area contributed by atoms with Gasteiger partial charge in [0, 0.05) is 26.2 Å². The smallest absolute Gasteiger partial charge is 0.119 e. The highest BCUT2D eigenvalue weighted by Crippen LogP contribution is 2.13. The molecule has 0 atom stereocenters. The summed E-state index contributed by atoms with van der Waals surface area (Å²) in [4.78, 5) is 0. The highest BCUT2D eigenvalue weighted by Gasteiger charge is 1.96. The first kappa shape index (κ1) is 13.0. The quantitative estimate of drug-likeness (QED) is 0.685. The van der Waals surface area contributed by atoms with E-state index in [4.69, 9.17) is 9.47 Å². The molecule has 90 valence electrons. The second kappa shape index (κ2) is 8.13. The molecule has 3 nitrogen and oxygen atoms in total. The first-order valence-electron chi connectivity index (χ1n) is 5.81. The Morgan fingerprint density at radius 1 is 1.25 bits per heavy atom. The Balaban J connectivity index is 2.27. The van der Waals surface area contributed by atoms with Crippen LogP contribution in [-0.2, 0) is 11.3 Å². The summed E-state index contributed by atoms with van der Waals surface area (Å²) in [6.07, 6.45) is 0.935. The number of hydrogen-bond acceptors (Lipinski definition) is 3. The van der Waals surface area contributed by atoms with Crippen LogP contribution in [0.5, 0.6) is 5.75 Å². The van der Waals surface area contributed by atoms with Gasteiger partial charge in [0.2, 0.25) is 0 Å². The fourth-order valence-electron chi connectivity index (χ4n) is 1.44. The van der Waals surface area contributed by atoms with Gasteiger partial charge in [-0.2, -0.15) is 0 Å². The lowest BCUT2D eigenvalue weighted by Gasteiger charge is -2.07. The number of benzene rings is 1. The van der Waals surface area contributed by atoms with Gasteiger partial charge in [-0.1, -0.05) is 12.1 Å². The first-order valence-corrected chi connectivity index (χ1v) is 5.81. The molecular formula is C13H21NO2. The Morgan fingerprint density at radius 3 is 2.88 bits per heavy atom. The first-order chi connectivity index (χ1) is 7.86. The van der Waals surface area contributed by atoms with Crippen LogP contribution in [0.4, 0.5) is 0 Å². The van der Waals surface area contributed by atoms with Crippen LogP contribution >= 0.6 is 0 Å². The lowest BCUT2D eigenvalue weighted by atomic mass is 10.2. The summed E-state index contributed by atoms with van der Waals surface area (Å²) < 4.78 is 10.9. The Hall–Kier alpha value is -1.06. The van der Waals surface area contributed by atoms with Crippen molar-refractivity contribution in [3.63, 3.8) is 0 Å². The van der Waals surface area contributed by atoms with E-state index >= 15 is 0 Å². The van der Waals surface area contributed by atoms with Crippen LogP contribution in [-0.4, -0.2) is 26.9 Å². The van der Waals surface area contributed by atoms with Gasteiger partial charge in [0.1, 0.15) is 5.75 Å². The molecule has 0 fully saturated rings. The zero-order valence-corrected chi connectivity index (χ0v) is 10.2. The van der Waals surface area contributed by atoms with Crippen molar-refractivity contribution in [2.24, 2.45) is 0 Å². The number of ether oxygens (including phenoxy) is 2. The minimum Gasteiger partial charge on any atom is -0.493 e. The zero-order chi connectivity index (χ0) is 11.6. The van der Waals surface area contributed by atoms with E-state index in [2.05, 4.69) is 17.4 Å². The molecule has 0 saturated heterocycles. The second-order valence-corrected chi connectivity index (χ2v) is 3.58. The molecule has 0 spiro atoms. The molecule has 0 aliphatic rings. The van der Waals surface area contributed by atoms with E-state index in [-0.39, 0.29) is 0 Å². The molecule has 0 radical (unpaired) electrons. The Kier molecular flexibility index (Phi) is 6.61. The molecule has 0 aliphatic carbocycles. The van der Waals surface area contributed by atoms with Crippen LogP contribution < -0.4 is 10.1 Å². The predicted octanol–water partition coefficient (Wildman–Crippen LogP) is 2.21. The van der Waals surface area contributed by atoms with Gasteiger partial charge < -0.3 is 14.8 Å². The van der Waals surface area contributed by atoms with Crippen molar-refractivity contribution < 1.29 is 9.47 Å². The van der Waals surface area contributed by atoms with Gasteiger partial charge in [0.25, 0.3) is 0 Å². The number of nitrogens with one attached hydrogen (secondary N) is 1. The third-order valence-corrected chi connectivity index (χ3v) is 2.19. The lowest BCUT2D eigenvalue weighted by Crippen LogP contribution is -2.06. The van der Waals surface area contributed by atoms with Gasteiger partial charge in [-0.05, 0) is 31.7 Å². The largest absolute Gasteiger partial charge is 0.493 e. The van der Waals surface area contributed by atoms with Crippen LogP contribution in [0.25, 0.3) is 0 Å². The summed E-state index contributed by atoms with van der Waals surface area (Å²) in [6, 6.07) is 8.16. The van der Waals surface area contributed by atoms with Crippen molar-refractivity contribution in [1.29, 1.82) is 0 Å². The van der Waals surface area contributed by atoms with E-state index in [1.165, 1.54) is 5.56 Å². The molecule has 0 saturated carbocycles. The van der Waals surface area contributed by atoms with Crippen molar-refractivity contribution in [3.8, 4) is 5.75 Å². The summed E-state index contributed by atoms with van der Waals surface area (Å²) in [6.45, 7) is 5.13. The molecule has 16 heavy (non-hydrogen) atoms. The molecule has 1 aromatic rings. The van der Waals surface area contributed by atoms with Crippen molar-refractivity contribution in [1.82, 2.24) is 5.32 Å². The van der Waals surface area contributed by atoms with Crippen LogP contribution in [0.1, 0.15) is 18.9 Å². The summed E-state index contributed by atoms with van der Waals surface area (Å²) in [5, 5.41) is 3.12. The number of hydrogen-bond donors (Lipinski definition) is 1. The maximum Gasteiger partial charge on any atom is 0.119 e. The molecule has 0 bridgehead atoms. The van der Waals surface area contributed by atoms with Crippen LogP contribution in [0.15, 0.2) is 24.3 Å². The van der Waals surface area contributed by atoms with E-state index in [0.29, 0.717) is 6.61 Å². The van der Waals surface area contributed by atoms with Crippen molar-refractivity contribution in [3.05, 3.63) is 29.8 Å². The van der Waals surface area contributed by atoms with Crippen molar-refractivity contribution >= 4 is 0 Å². The summed E-state index contributed by atoms with van der Waals surface area (Å²) in [7, 11) is 1.94. The number of rotatable bonds is 8. The third-order valence-electron chi connectivity index (χ3n) is 2.19. The highest BCUT2D eigenvalue weighted by atomic mass is 16.5. The monoisotopic (exact) mass is 223 g/mol. The Bertz CT molecular complexity index is 289. The summed E-state index contributed by atoms with van der Waals surface area (Å²) in [5.41, 5.74) is 1.24. The molecule has 1 N–H and O–H groups in total. The maximum absolute atomic E-state index is 5.63. The standard InChI is InChI=1S/C13H21NO2/c1-3-15-8-5-9-16-13-7-4-6-12(10-13)11-14-2/h4,6-7,10,14H,3,5,8-9,11H2,1-2H3. The van der Waals surface area contributed by atoms with E-state index in [0.717, 1.165) is 31.9 Å². The maximum atomic E-state index is 5.63. The average molecular weight is 223 g/mol. The SMILES string of the molecule is CCOCCCOc1cccc(CNC)c1. The second-order valence-electron chi connectivity index (χ2n) is 3.58. The predicted molar refractivity (Wildman–Crippen MR) is 65.8 cm³/mol. The van der Waals surface area contributed by atoms with Gasteiger partial charge in [-0.3, -0.25) is 0 Å². The molecule has 0 aromatic heterocycles. The fraction of sp³-hybridized carbons (Fsp3) is 0.538. The molecule has 3 heteroatoms. The van der Waals surface area contributed by atoms with Gasteiger partial charge in [0.05, 0.1) is 6.61 Å². The van der Waals surface area contributed by atoms with Crippen molar-refractivity contribution in [2.75, 3.05) is 26.9 Å². The summed E-state index contributed by atoms with van der Waals surface area (Å²) >= 11 is 0. The van der Waals surface area contributed by atoms with Crippen LogP contribution in [0.2, 0.25) is 0 Å². The highest BCUT2D eigenvalue weighted by molar-refractivity contribution is 5.28. The van der Waals surface area contributed by atoms with Gasteiger partial charge >= 0.3 is 0 Å². The Morgan fingerprint density at radius 2 is 2.12 bits per heavy atom. The van der Waals surface area contributed by atoms with E-state index in [9.17, 15) is 0 Å². The van der Waals surface area contributed by atoms with E-state index in [1.807, 2.05) is 26.1 Å². The molecule has 0 heterocycles. The third kappa shape index (κ3) is 5.14. The molecule has 1 aromatic carbocycles. The summed E-state index contributed by atoms with van der Waals surface area (Å²) in [5.74, 6) is 0.934. The van der Waals surface area contributed by atoms with Gasteiger partial charge in [0.15, 0.2) is 0 Å². The average Bonchev–Trinajstić information content (AvgIpc) is 2.30. The Labute approximate surface area is 97.8 Å². The fourth-order valence-corrected chi connectivity index (χ4v) is 1.44. The van der Waals surface area contributed by atoms with Gasteiger partial charge in [-0.25, -0.2) is 0 Å². The van der Waals surface area contributed by atoms with Crippen LogP contribution in [0.3, 0.4) is 0 Å². The van der Waals surface area contributed by atoms with E-state index < -0.39 is 0 Å². The van der Waals surface area contributed by atoms with Gasteiger partial charge in [-0.15, -0.1) is 0 Å². The lowest BCUT2D eigenvalue weighted by molar-refractivity contribution is 0.131. The molecule has 0 unspecified atom stereocenters. The molecule has 0 aliphatic heterocycles. The van der Waals surface area contributed by atoms with Crippen molar-refractivity contribution in [2.45, 2.75) is 19.9 Å². The molecule has 0 amide bonds. The molecular weight excluding hydrogens is 202 g/mol. The van der Waals surface area contributed by atoms with Crippen LogP contribution in [0, 0.1) is 0 Å². The molecule has 1 rings (SSSR count).